The number of hydrogen-bond donors (Lipinski definition) is 0. The molecule has 0 saturated carbocycles. The number of fused-ring (bicyclic) bond motifs is 1. The smallest absolute Gasteiger partial charge is 0.410 e. The molecule has 6 heteroatoms. The van der Waals surface area contributed by atoms with E-state index >= 15 is 0 Å². The highest BCUT2D eigenvalue weighted by Crippen LogP contribution is 2.39. The third kappa shape index (κ3) is 6.39. The number of allylic oxidation sites excluding steroid dienone is 1. The number of anilines is 1. The average Bonchev–Trinajstić information content (AvgIpc) is 2.95. The van der Waals surface area contributed by atoms with E-state index in [-0.39, 0.29) is 6.09 Å². The van der Waals surface area contributed by atoms with Gasteiger partial charge in [0.15, 0.2) is 0 Å². The molecule has 0 spiro atoms. The molecule has 0 unspecified atom stereocenters. The lowest BCUT2D eigenvalue weighted by Crippen LogP contribution is -2.50. The number of carbonyl (C=O) groups is 1. The second-order valence-electron chi connectivity index (χ2n) is 11.1. The first-order valence-corrected chi connectivity index (χ1v) is 13.7. The minimum absolute atomic E-state index is 0.244. The number of rotatable bonds is 6. The van der Waals surface area contributed by atoms with Gasteiger partial charge in [0.05, 0.1) is 7.11 Å². The zero-order valence-electron chi connectivity index (χ0n) is 23.4. The van der Waals surface area contributed by atoms with E-state index in [0.29, 0.717) is 19.7 Å². The lowest BCUT2D eigenvalue weighted by atomic mass is 9.86. The number of carbonyl (C=O) groups excluding carboxylic acids is 1. The minimum atomic E-state index is -0.486. The number of ether oxygens (including phenoxy) is 3. The molecule has 0 bridgehead atoms. The predicted octanol–water partition coefficient (Wildman–Crippen LogP) is 6.71. The number of nitrogens with zero attached hydrogens (tertiary/aromatic N) is 2. The maximum atomic E-state index is 12.5. The molecule has 1 aliphatic heterocycles. The van der Waals surface area contributed by atoms with Crippen LogP contribution < -0.4 is 14.4 Å². The second kappa shape index (κ2) is 11.4. The van der Waals surface area contributed by atoms with Crippen LogP contribution in [0.15, 0.2) is 72.8 Å². The van der Waals surface area contributed by atoms with E-state index in [1.807, 2.05) is 39.0 Å². The normalized spacial score (nSPS) is 15.3. The Hall–Kier alpha value is -3.93. The molecule has 3 aromatic carbocycles. The molecular weight excluding hydrogens is 488 g/mol. The Morgan fingerprint density at radius 3 is 2.36 bits per heavy atom. The molecule has 1 fully saturated rings. The Kier molecular flexibility index (Phi) is 7.82. The number of methoxy groups -OCH3 is 1. The van der Waals surface area contributed by atoms with Gasteiger partial charge in [0.1, 0.15) is 23.7 Å². The predicted molar refractivity (Wildman–Crippen MR) is 156 cm³/mol. The van der Waals surface area contributed by atoms with Gasteiger partial charge in [0.25, 0.3) is 0 Å². The van der Waals surface area contributed by atoms with E-state index in [9.17, 15) is 4.79 Å². The van der Waals surface area contributed by atoms with Gasteiger partial charge in [-0.1, -0.05) is 42.5 Å². The third-order valence-electron chi connectivity index (χ3n) is 7.15. The summed E-state index contributed by atoms with van der Waals surface area (Å²) >= 11 is 0. The highest BCUT2D eigenvalue weighted by atomic mass is 16.6. The molecule has 1 amide bonds. The summed E-state index contributed by atoms with van der Waals surface area (Å²) in [4.78, 5) is 16.5. The van der Waals surface area contributed by atoms with Crippen molar-refractivity contribution in [3.8, 4) is 11.5 Å². The Bertz CT molecular complexity index is 1340. The molecule has 0 radical (unpaired) electrons. The fourth-order valence-corrected chi connectivity index (χ4v) is 5.18. The summed E-state index contributed by atoms with van der Waals surface area (Å²) in [7, 11) is 1.73. The monoisotopic (exact) mass is 526 g/mol. The van der Waals surface area contributed by atoms with Crippen molar-refractivity contribution in [1.82, 2.24) is 4.90 Å². The fourth-order valence-electron chi connectivity index (χ4n) is 5.18. The van der Waals surface area contributed by atoms with Crippen LogP contribution in [-0.4, -0.2) is 49.9 Å². The molecule has 39 heavy (non-hydrogen) atoms. The van der Waals surface area contributed by atoms with Crippen LogP contribution in [0.1, 0.15) is 49.4 Å². The van der Waals surface area contributed by atoms with Crippen molar-refractivity contribution in [3.05, 3.63) is 95.1 Å². The van der Waals surface area contributed by atoms with Gasteiger partial charge in [0.2, 0.25) is 0 Å². The molecule has 204 valence electrons. The van der Waals surface area contributed by atoms with Crippen molar-refractivity contribution >= 4 is 17.4 Å². The topological polar surface area (TPSA) is 51.2 Å². The number of hydrogen-bond acceptors (Lipinski definition) is 5. The first kappa shape index (κ1) is 26.7. The Morgan fingerprint density at radius 1 is 0.897 bits per heavy atom. The van der Waals surface area contributed by atoms with Crippen LogP contribution in [0, 0.1) is 0 Å². The van der Waals surface area contributed by atoms with E-state index in [2.05, 4.69) is 59.5 Å². The molecule has 1 saturated heterocycles. The van der Waals surface area contributed by atoms with Crippen molar-refractivity contribution in [1.29, 1.82) is 0 Å². The summed E-state index contributed by atoms with van der Waals surface area (Å²) in [5, 5.41) is 0. The van der Waals surface area contributed by atoms with E-state index in [4.69, 9.17) is 14.2 Å². The van der Waals surface area contributed by atoms with E-state index in [0.717, 1.165) is 54.2 Å². The summed E-state index contributed by atoms with van der Waals surface area (Å²) < 4.78 is 17.5. The maximum Gasteiger partial charge on any atom is 0.410 e. The summed E-state index contributed by atoms with van der Waals surface area (Å²) in [5.74, 6) is 1.75. The molecule has 6 nitrogen and oxygen atoms in total. The molecule has 5 rings (SSSR count). The van der Waals surface area contributed by atoms with Gasteiger partial charge in [-0.15, -0.1) is 0 Å². The van der Waals surface area contributed by atoms with Gasteiger partial charge < -0.3 is 24.0 Å². The van der Waals surface area contributed by atoms with Crippen molar-refractivity contribution in [2.45, 2.75) is 45.8 Å². The molecule has 0 aromatic heterocycles. The van der Waals surface area contributed by atoms with Crippen molar-refractivity contribution < 1.29 is 19.0 Å². The first-order valence-electron chi connectivity index (χ1n) is 13.7. The highest BCUT2D eigenvalue weighted by Gasteiger charge is 2.27. The second-order valence-corrected chi connectivity index (χ2v) is 11.1. The number of piperazine rings is 1. The van der Waals surface area contributed by atoms with Crippen molar-refractivity contribution in [2.75, 3.05) is 38.2 Å². The maximum absolute atomic E-state index is 12.5. The average molecular weight is 527 g/mol. The molecular formula is C33H38N2O4. The van der Waals surface area contributed by atoms with E-state index in [1.54, 1.807) is 12.0 Å². The van der Waals surface area contributed by atoms with Crippen molar-refractivity contribution in [3.63, 3.8) is 0 Å². The molecule has 2 aliphatic rings. The van der Waals surface area contributed by atoms with Gasteiger partial charge in [-0.05, 0) is 80.1 Å². The van der Waals surface area contributed by atoms with Crippen LogP contribution >= 0.6 is 0 Å². The van der Waals surface area contributed by atoms with Crippen LogP contribution in [0.3, 0.4) is 0 Å². The van der Waals surface area contributed by atoms with Crippen LogP contribution in [0.4, 0.5) is 10.5 Å². The highest BCUT2D eigenvalue weighted by molar-refractivity contribution is 5.86. The van der Waals surface area contributed by atoms with Crippen LogP contribution in [0.2, 0.25) is 0 Å². The van der Waals surface area contributed by atoms with Gasteiger partial charge in [-0.2, -0.15) is 0 Å². The standard InChI is InChI=1S/C33H38N2O4/c1-33(2,3)39-32(36)35-19-17-34(18-20-35)26-13-15-30(31(22-26)37-4)29-12-8-11-25-21-27(14-16-28(25)29)38-23-24-9-6-5-7-10-24/h5-7,9-10,12-16,21-22H,8,11,17-20,23H2,1-4H3. The number of benzene rings is 3. The van der Waals surface area contributed by atoms with Crippen molar-refractivity contribution in [2.24, 2.45) is 0 Å². The van der Waals surface area contributed by atoms with Gasteiger partial charge in [-0.3, -0.25) is 0 Å². The lowest BCUT2D eigenvalue weighted by Gasteiger charge is -2.37. The summed E-state index contributed by atoms with van der Waals surface area (Å²) in [6, 6.07) is 23.1. The summed E-state index contributed by atoms with van der Waals surface area (Å²) in [6.45, 7) is 9.01. The SMILES string of the molecule is COc1cc(N2CCN(C(=O)OC(C)(C)C)CC2)ccc1C1=CCCc2cc(OCc3ccccc3)ccc21. The molecule has 0 N–H and O–H groups in total. The molecule has 1 aliphatic carbocycles. The minimum Gasteiger partial charge on any atom is -0.496 e. The van der Waals surface area contributed by atoms with E-state index < -0.39 is 5.60 Å². The third-order valence-corrected chi connectivity index (χ3v) is 7.15. The van der Waals surface area contributed by atoms with Crippen LogP contribution in [-0.2, 0) is 17.8 Å². The quantitative estimate of drug-likeness (QED) is 0.357. The summed E-state index contributed by atoms with van der Waals surface area (Å²) in [6.07, 6.45) is 4.03. The van der Waals surface area contributed by atoms with Gasteiger partial charge >= 0.3 is 6.09 Å². The molecule has 1 heterocycles. The largest absolute Gasteiger partial charge is 0.496 e. The van der Waals surface area contributed by atoms with Crippen LogP contribution in [0.5, 0.6) is 11.5 Å². The number of amides is 1. The van der Waals surface area contributed by atoms with Gasteiger partial charge in [0, 0.05) is 43.5 Å². The fraction of sp³-hybridized carbons (Fsp3) is 0.364. The zero-order chi connectivity index (χ0) is 27.4. The zero-order valence-corrected chi connectivity index (χ0v) is 23.4. The Morgan fingerprint density at radius 2 is 1.64 bits per heavy atom. The van der Waals surface area contributed by atoms with Gasteiger partial charge in [-0.25, -0.2) is 4.79 Å². The molecule has 3 aromatic rings. The molecule has 0 atom stereocenters. The van der Waals surface area contributed by atoms with E-state index in [1.165, 1.54) is 16.7 Å². The lowest BCUT2D eigenvalue weighted by molar-refractivity contribution is 0.0240. The summed E-state index contributed by atoms with van der Waals surface area (Å²) in [5.41, 5.74) is 6.58. The Balaban J connectivity index is 1.29. The first-order chi connectivity index (χ1) is 18.8. The Labute approximate surface area is 231 Å². The number of aryl methyl sites for hydroxylation is 1. The van der Waals surface area contributed by atoms with Crippen LogP contribution in [0.25, 0.3) is 5.57 Å².